The van der Waals surface area contributed by atoms with E-state index >= 15 is 0 Å². The number of nitrogens with zero attached hydrogens (tertiary/aromatic N) is 3. The van der Waals surface area contributed by atoms with Crippen LogP contribution in [0.25, 0.3) is 0 Å². The van der Waals surface area contributed by atoms with Gasteiger partial charge in [0.05, 0.1) is 27.6 Å². The molecule has 1 aromatic carbocycles. The lowest BCUT2D eigenvalue weighted by Crippen LogP contribution is -2.46. The van der Waals surface area contributed by atoms with Crippen LogP contribution in [0.3, 0.4) is 0 Å². The first kappa shape index (κ1) is 17.6. The van der Waals surface area contributed by atoms with E-state index in [0.29, 0.717) is 0 Å². The van der Waals surface area contributed by atoms with E-state index in [0.717, 1.165) is 12.1 Å². The fourth-order valence-electron chi connectivity index (χ4n) is 2.76. The molecule has 0 aromatic heterocycles. The van der Waals surface area contributed by atoms with Gasteiger partial charge in [0.25, 0.3) is 17.3 Å². The molecule has 2 rings (SSSR count). The summed E-state index contributed by atoms with van der Waals surface area (Å²) < 4.78 is 5.54. The van der Waals surface area contributed by atoms with Gasteiger partial charge in [-0.3, -0.25) is 30.2 Å². The Kier molecular flexibility index (Phi) is 4.95. The second-order valence-electron chi connectivity index (χ2n) is 5.48. The molecule has 1 saturated heterocycles. The molecule has 1 aliphatic rings. The maximum atomic E-state index is 11.5. The molecule has 2 unspecified atom stereocenters. The van der Waals surface area contributed by atoms with Crippen LogP contribution in [0, 0.1) is 20.2 Å². The summed E-state index contributed by atoms with van der Waals surface area (Å²) in [4.78, 5) is 34.2. The van der Waals surface area contributed by atoms with Crippen LogP contribution in [0.2, 0.25) is 0 Å². The van der Waals surface area contributed by atoms with Crippen LogP contribution < -0.4 is 10.4 Å². The highest BCUT2D eigenvalue weighted by molar-refractivity contribution is 5.97. The molecule has 24 heavy (non-hydrogen) atoms. The van der Waals surface area contributed by atoms with Crippen LogP contribution in [0.5, 0.6) is 0 Å². The number of nitro groups is 2. The number of hydrogen-bond acceptors (Lipinski definition) is 8. The molecule has 1 fully saturated rings. The van der Waals surface area contributed by atoms with E-state index in [-0.39, 0.29) is 36.5 Å². The average molecular weight is 340 g/mol. The lowest BCUT2D eigenvalue weighted by atomic mass is 10.1. The zero-order chi connectivity index (χ0) is 18.0. The van der Waals surface area contributed by atoms with Gasteiger partial charge in [-0.25, -0.2) is 5.48 Å². The van der Waals surface area contributed by atoms with Crippen LogP contribution in [0.4, 0.5) is 17.1 Å². The number of rotatable bonds is 4. The number of carbonyl (C=O) groups excluding carboxylic acids is 1. The summed E-state index contributed by atoms with van der Waals surface area (Å²) in [5.74, 6) is -1.07. The summed E-state index contributed by atoms with van der Waals surface area (Å²) in [5, 5.41) is 31.5. The minimum atomic E-state index is -1.07. The maximum Gasteiger partial charge on any atom is 0.300 e. The predicted molar refractivity (Wildman–Crippen MR) is 81.2 cm³/mol. The van der Waals surface area contributed by atoms with E-state index in [4.69, 9.17) is 9.94 Å². The Bertz CT molecular complexity index is 648. The smallest absolute Gasteiger partial charge is 0.300 e. The standard InChI is InChI=1S/C13H16N4O7/c1-7-5-15(6-8(2)24-7)12-10(16(20)21)3-9(13(18)14-19)4-11(12)17(22)23/h3-4,7-8,19H,5-6H2,1-2H3,(H,14,18). The Labute approximate surface area is 136 Å². The summed E-state index contributed by atoms with van der Waals surface area (Å²) in [5.41, 5.74) is -0.410. The number of anilines is 1. The molecule has 11 heteroatoms. The predicted octanol–water partition coefficient (Wildman–Crippen LogP) is 1.24. The van der Waals surface area contributed by atoms with Gasteiger partial charge in [0.1, 0.15) is 0 Å². The van der Waals surface area contributed by atoms with Crippen molar-refractivity contribution in [2.45, 2.75) is 26.1 Å². The van der Waals surface area contributed by atoms with E-state index in [1.54, 1.807) is 13.8 Å². The molecule has 0 aliphatic carbocycles. The molecule has 0 saturated carbocycles. The van der Waals surface area contributed by atoms with Crippen molar-refractivity contribution in [3.63, 3.8) is 0 Å². The normalized spacial score (nSPS) is 20.5. The Morgan fingerprint density at radius 3 is 2.04 bits per heavy atom. The van der Waals surface area contributed by atoms with Gasteiger partial charge >= 0.3 is 0 Å². The highest BCUT2D eigenvalue weighted by Crippen LogP contribution is 2.40. The Morgan fingerprint density at radius 2 is 1.67 bits per heavy atom. The van der Waals surface area contributed by atoms with Crippen molar-refractivity contribution in [1.82, 2.24) is 5.48 Å². The fourth-order valence-corrected chi connectivity index (χ4v) is 2.76. The zero-order valence-corrected chi connectivity index (χ0v) is 13.0. The molecule has 1 heterocycles. The summed E-state index contributed by atoms with van der Waals surface area (Å²) in [6.07, 6.45) is -0.540. The first-order chi connectivity index (χ1) is 11.2. The van der Waals surface area contributed by atoms with Crippen LogP contribution in [-0.4, -0.2) is 46.3 Å². The van der Waals surface area contributed by atoms with E-state index < -0.39 is 27.1 Å². The van der Waals surface area contributed by atoms with Crippen LogP contribution in [-0.2, 0) is 4.74 Å². The van der Waals surface area contributed by atoms with Gasteiger partial charge in [0, 0.05) is 25.2 Å². The molecule has 2 atom stereocenters. The number of carbonyl (C=O) groups is 1. The second kappa shape index (κ2) is 6.76. The van der Waals surface area contributed by atoms with Gasteiger partial charge in [-0.05, 0) is 13.8 Å². The third kappa shape index (κ3) is 3.41. The first-order valence-electron chi connectivity index (χ1n) is 7.06. The number of hydrogen-bond donors (Lipinski definition) is 2. The second-order valence-corrected chi connectivity index (χ2v) is 5.48. The molecular weight excluding hydrogens is 324 g/mol. The Balaban J connectivity index is 2.65. The molecule has 130 valence electrons. The van der Waals surface area contributed by atoms with Crippen molar-refractivity contribution < 1.29 is 24.6 Å². The number of amides is 1. The van der Waals surface area contributed by atoms with Gasteiger partial charge in [-0.15, -0.1) is 0 Å². The molecule has 0 radical (unpaired) electrons. The third-order valence-electron chi connectivity index (χ3n) is 3.56. The number of hydroxylamine groups is 1. The van der Waals surface area contributed by atoms with Gasteiger partial charge in [-0.2, -0.15) is 0 Å². The maximum absolute atomic E-state index is 11.5. The number of nitrogens with one attached hydrogen (secondary N) is 1. The van der Waals surface area contributed by atoms with Crippen molar-refractivity contribution in [2.75, 3.05) is 18.0 Å². The van der Waals surface area contributed by atoms with Crippen molar-refractivity contribution >= 4 is 23.0 Å². The van der Waals surface area contributed by atoms with Gasteiger partial charge in [0.15, 0.2) is 5.69 Å². The summed E-state index contributed by atoms with van der Waals surface area (Å²) >= 11 is 0. The molecule has 1 aromatic rings. The summed E-state index contributed by atoms with van der Waals surface area (Å²) in [6.45, 7) is 3.98. The van der Waals surface area contributed by atoms with Crippen molar-refractivity contribution in [2.24, 2.45) is 0 Å². The van der Waals surface area contributed by atoms with E-state index in [1.165, 1.54) is 10.4 Å². The monoisotopic (exact) mass is 340 g/mol. The minimum Gasteiger partial charge on any atom is -0.372 e. The third-order valence-corrected chi connectivity index (χ3v) is 3.56. The lowest BCUT2D eigenvalue weighted by molar-refractivity contribution is -0.392. The number of morpholine rings is 1. The molecule has 1 aliphatic heterocycles. The largest absolute Gasteiger partial charge is 0.372 e. The topological polar surface area (TPSA) is 148 Å². The van der Waals surface area contributed by atoms with E-state index in [2.05, 4.69) is 0 Å². The molecule has 0 bridgehead atoms. The Hall–Kier alpha value is -2.79. The lowest BCUT2D eigenvalue weighted by Gasteiger charge is -2.36. The van der Waals surface area contributed by atoms with Crippen molar-refractivity contribution in [3.8, 4) is 0 Å². The number of ether oxygens (including phenoxy) is 1. The summed E-state index contributed by atoms with van der Waals surface area (Å²) in [7, 11) is 0. The molecule has 2 N–H and O–H groups in total. The highest BCUT2D eigenvalue weighted by atomic mass is 16.6. The van der Waals surface area contributed by atoms with Crippen LogP contribution in [0.15, 0.2) is 12.1 Å². The van der Waals surface area contributed by atoms with Crippen molar-refractivity contribution in [3.05, 3.63) is 37.9 Å². The van der Waals surface area contributed by atoms with E-state index in [1.807, 2.05) is 0 Å². The number of nitro benzene ring substituents is 2. The van der Waals surface area contributed by atoms with Gasteiger partial charge < -0.3 is 9.64 Å². The minimum absolute atomic E-state index is 0.179. The van der Waals surface area contributed by atoms with Crippen LogP contribution >= 0.6 is 0 Å². The zero-order valence-electron chi connectivity index (χ0n) is 13.0. The molecule has 0 spiro atoms. The summed E-state index contributed by atoms with van der Waals surface area (Å²) in [6, 6.07) is 1.80. The number of benzene rings is 1. The first-order valence-corrected chi connectivity index (χ1v) is 7.06. The molecule has 1 amide bonds. The van der Waals surface area contributed by atoms with Gasteiger partial charge in [0.2, 0.25) is 0 Å². The highest BCUT2D eigenvalue weighted by Gasteiger charge is 2.35. The van der Waals surface area contributed by atoms with E-state index in [9.17, 15) is 25.0 Å². The van der Waals surface area contributed by atoms with Crippen molar-refractivity contribution in [1.29, 1.82) is 0 Å². The molecular formula is C13H16N4O7. The SMILES string of the molecule is CC1CN(c2c([N+](=O)[O-])cc(C(=O)NO)cc2[N+](=O)[O-])CC(C)O1. The molecule has 11 nitrogen and oxygen atoms in total. The quantitative estimate of drug-likeness (QED) is 0.472. The average Bonchev–Trinajstić information content (AvgIpc) is 2.51. The van der Waals surface area contributed by atoms with Crippen LogP contribution in [0.1, 0.15) is 24.2 Å². The fraction of sp³-hybridized carbons (Fsp3) is 0.462. The van der Waals surface area contributed by atoms with Gasteiger partial charge in [-0.1, -0.05) is 0 Å². The Morgan fingerprint density at radius 1 is 1.21 bits per heavy atom.